The van der Waals surface area contributed by atoms with Gasteiger partial charge in [-0.05, 0) is 25.0 Å². The van der Waals surface area contributed by atoms with Crippen molar-refractivity contribution in [2.24, 2.45) is 7.05 Å². The predicted octanol–water partition coefficient (Wildman–Crippen LogP) is 0.0745. The van der Waals surface area contributed by atoms with Crippen LogP contribution in [0.4, 0.5) is 0 Å². The first kappa shape index (κ1) is 12.3. The van der Waals surface area contributed by atoms with Crippen LogP contribution in [-0.2, 0) is 11.8 Å². The van der Waals surface area contributed by atoms with Crippen molar-refractivity contribution in [2.75, 3.05) is 6.54 Å². The largest absolute Gasteiger partial charge is 0.480 e. The maximum absolute atomic E-state index is 12.2. The SMILES string of the molecule is Cn1cccc(C(=O)N(CC(=O)O)C2CC2)c1=O. The Bertz CT molecular complexity index is 545. The molecule has 1 saturated carbocycles. The molecule has 0 radical (unpaired) electrons. The Morgan fingerprint density at radius 3 is 2.72 bits per heavy atom. The van der Waals surface area contributed by atoms with Crippen LogP contribution in [0.2, 0.25) is 0 Å². The highest BCUT2D eigenvalue weighted by molar-refractivity contribution is 5.95. The number of aliphatic carboxylic acids is 1. The molecular weight excluding hydrogens is 236 g/mol. The van der Waals surface area contributed by atoms with Gasteiger partial charge in [-0.1, -0.05) is 0 Å². The number of hydrogen-bond acceptors (Lipinski definition) is 3. The van der Waals surface area contributed by atoms with Crippen molar-refractivity contribution in [1.29, 1.82) is 0 Å². The van der Waals surface area contributed by atoms with Crippen LogP contribution in [0.3, 0.4) is 0 Å². The summed E-state index contributed by atoms with van der Waals surface area (Å²) in [6.45, 7) is -0.360. The van der Waals surface area contributed by atoms with Crippen LogP contribution in [0.5, 0.6) is 0 Å². The molecule has 6 heteroatoms. The number of aryl methyl sites for hydroxylation is 1. The van der Waals surface area contributed by atoms with Crippen molar-refractivity contribution < 1.29 is 14.7 Å². The van der Waals surface area contributed by atoms with E-state index in [1.54, 1.807) is 19.3 Å². The van der Waals surface area contributed by atoms with Crippen molar-refractivity contribution in [1.82, 2.24) is 9.47 Å². The quantitative estimate of drug-likeness (QED) is 0.820. The summed E-state index contributed by atoms with van der Waals surface area (Å²) < 4.78 is 1.30. The van der Waals surface area contributed by atoms with E-state index in [2.05, 4.69) is 0 Å². The van der Waals surface area contributed by atoms with E-state index in [1.165, 1.54) is 15.5 Å². The van der Waals surface area contributed by atoms with E-state index in [0.717, 1.165) is 12.8 Å². The average Bonchev–Trinajstić information content (AvgIpc) is 3.12. The summed E-state index contributed by atoms with van der Waals surface area (Å²) in [4.78, 5) is 36.0. The third-order valence-corrected chi connectivity index (χ3v) is 2.91. The number of nitrogens with zero attached hydrogens (tertiary/aromatic N) is 2. The van der Waals surface area contributed by atoms with Crippen LogP contribution in [0.25, 0.3) is 0 Å². The zero-order chi connectivity index (χ0) is 13.3. The van der Waals surface area contributed by atoms with E-state index in [1.807, 2.05) is 0 Å². The van der Waals surface area contributed by atoms with Gasteiger partial charge >= 0.3 is 5.97 Å². The van der Waals surface area contributed by atoms with Gasteiger partial charge < -0.3 is 14.6 Å². The Kier molecular flexibility index (Phi) is 3.18. The molecule has 2 rings (SSSR count). The van der Waals surface area contributed by atoms with Crippen molar-refractivity contribution >= 4 is 11.9 Å². The Hall–Kier alpha value is -2.11. The monoisotopic (exact) mass is 250 g/mol. The number of pyridine rings is 1. The van der Waals surface area contributed by atoms with Gasteiger partial charge in [-0.15, -0.1) is 0 Å². The van der Waals surface area contributed by atoms with E-state index < -0.39 is 17.4 Å². The second kappa shape index (κ2) is 4.64. The molecule has 1 aromatic rings. The van der Waals surface area contributed by atoms with Gasteiger partial charge in [0.15, 0.2) is 0 Å². The highest BCUT2D eigenvalue weighted by Gasteiger charge is 2.35. The molecule has 0 saturated heterocycles. The minimum atomic E-state index is -1.07. The van der Waals surface area contributed by atoms with Gasteiger partial charge in [0, 0.05) is 19.3 Å². The Balaban J connectivity index is 2.30. The maximum atomic E-state index is 12.2. The molecule has 96 valence electrons. The van der Waals surface area contributed by atoms with Gasteiger partial charge in [-0.2, -0.15) is 0 Å². The normalized spacial score (nSPS) is 14.3. The first-order valence-electron chi connectivity index (χ1n) is 5.69. The first-order chi connectivity index (χ1) is 8.50. The molecule has 0 bridgehead atoms. The lowest BCUT2D eigenvalue weighted by Crippen LogP contribution is -2.40. The minimum Gasteiger partial charge on any atom is -0.480 e. The summed E-state index contributed by atoms with van der Waals surface area (Å²) >= 11 is 0. The van der Waals surface area contributed by atoms with Gasteiger partial charge in [-0.3, -0.25) is 14.4 Å². The molecule has 1 N–H and O–H groups in total. The predicted molar refractivity (Wildman–Crippen MR) is 63.4 cm³/mol. The Morgan fingerprint density at radius 2 is 2.17 bits per heavy atom. The van der Waals surface area contributed by atoms with Crippen LogP contribution < -0.4 is 5.56 Å². The second-order valence-corrected chi connectivity index (χ2v) is 4.40. The number of carbonyl (C=O) groups is 2. The number of aromatic nitrogens is 1. The molecule has 0 aromatic carbocycles. The average molecular weight is 250 g/mol. The summed E-state index contributed by atoms with van der Waals surface area (Å²) in [6.07, 6.45) is 3.15. The zero-order valence-electron chi connectivity index (χ0n) is 10.00. The molecule has 1 aliphatic rings. The fourth-order valence-electron chi connectivity index (χ4n) is 1.81. The fraction of sp³-hybridized carbons (Fsp3) is 0.417. The lowest BCUT2D eigenvalue weighted by Gasteiger charge is -2.19. The standard InChI is InChI=1S/C12H14N2O4/c1-13-6-2-3-9(11(13)17)12(18)14(7-10(15)16)8-4-5-8/h2-3,6,8H,4-5,7H2,1H3,(H,15,16). The molecule has 1 aromatic heterocycles. The molecular formula is C12H14N2O4. The van der Waals surface area contributed by atoms with Crippen molar-refractivity contribution in [3.8, 4) is 0 Å². The number of carboxylic acid groups (broad SMARTS) is 1. The zero-order valence-corrected chi connectivity index (χ0v) is 10.00. The van der Waals surface area contributed by atoms with Crippen molar-refractivity contribution in [3.63, 3.8) is 0 Å². The minimum absolute atomic E-state index is 0.0214. The second-order valence-electron chi connectivity index (χ2n) is 4.40. The number of carboxylic acids is 1. The fourth-order valence-corrected chi connectivity index (χ4v) is 1.81. The van der Waals surface area contributed by atoms with E-state index >= 15 is 0 Å². The molecule has 1 fully saturated rings. The number of hydrogen-bond donors (Lipinski definition) is 1. The van der Waals surface area contributed by atoms with Crippen LogP contribution in [0.15, 0.2) is 23.1 Å². The Labute approximate surface area is 103 Å². The summed E-state index contributed by atoms with van der Waals surface area (Å²) in [5, 5.41) is 8.80. The first-order valence-corrected chi connectivity index (χ1v) is 5.69. The van der Waals surface area contributed by atoms with Crippen LogP contribution in [-0.4, -0.2) is 39.0 Å². The summed E-state index contributed by atoms with van der Waals surface area (Å²) in [7, 11) is 1.55. The highest BCUT2D eigenvalue weighted by Crippen LogP contribution is 2.27. The third kappa shape index (κ3) is 2.42. The highest BCUT2D eigenvalue weighted by atomic mass is 16.4. The van der Waals surface area contributed by atoms with E-state index in [9.17, 15) is 14.4 Å². The van der Waals surface area contributed by atoms with Gasteiger partial charge in [0.25, 0.3) is 11.5 Å². The number of rotatable bonds is 4. The van der Waals surface area contributed by atoms with Gasteiger partial charge in [0.05, 0.1) is 0 Å². The molecule has 1 amide bonds. The molecule has 0 aliphatic heterocycles. The van der Waals surface area contributed by atoms with Crippen LogP contribution in [0, 0.1) is 0 Å². The molecule has 0 unspecified atom stereocenters. The van der Waals surface area contributed by atoms with Crippen LogP contribution in [0.1, 0.15) is 23.2 Å². The topological polar surface area (TPSA) is 79.6 Å². The lowest BCUT2D eigenvalue weighted by molar-refractivity contribution is -0.137. The molecule has 0 spiro atoms. The van der Waals surface area contributed by atoms with Gasteiger partial charge in [0.2, 0.25) is 0 Å². The van der Waals surface area contributed by atoms with Crippen molar-refractivity contribution in [2.45, 2.75) is 18.9 Å². The Morgan fingerprint density at radius 1 is 1.50 bits per heavy atom. The molecule has 1 heterocycles. The molecule has 6 nitrogen and oxygen atoms in total. The smallest absolute Gasteiger partial charge is 0.323 e. The van der Waals surface area contributed by atoms with E-state index in [-0.39, 0.29) is 18.2 Å². The van der Waals surface area contributed by atoms with Gasteiger partial charge in [-0.25, -0.2) is 0 Å². The molecule has 0 atom stereocenters. The lowest BCUT2D eigenvalue weighted by atomic mass is 10.2. The number of carbonyl (C=O) groups excluding carboxylic acids is 1. The van der Waals surface area contributed by atoms with Crippen molar-refractivity contribution in [3.05, 3.63) is 34.2 Å². The summed E-state index contributed by atoms with van der Waals surface area (Å²) in [5.41, 5.74) is -0.383. The summed E-state index contributed by atoms with van der Waals surface area (Å²) in [5.74, 6) is -1.57. The summed E-state index contributed by atoms with van der Waals surface area (Å²) in [6, 6.07) is 2.99. The number of amides is 1. The van der Waals surface area contributed by atoms with Gasteiger partial charge in [0.1, 0.15) is 12.1 Å². The van der Waals surface area contributed by atoms with E-state index in [4.69, 9.17) is 5.11 Å². The van der Waals surface area contributed by atoms with Crippen LogP contribution >= 0.6 is 0 Å². The molecule has 18 heavy (non-hydrogen) atoms. The van der Waals surface area contributed by atoms with E-state index in [0.29, 0.717) is 0 Å². The third-order valence-electron chi connectivity index (χ3n) is 2.91. The maximum Gasteiger partial charge on any atom is 0.323 e. The molecule has 1 aliphatic carbocycles.